The van der Waals surface area contributed by atoms with Gasteiger partial charge in [0.15, 0.2) is 0 Å². The lowest BCUT2D eigenvalue weighted by atomic mass is 10.0. The zero-order chi connectivity index (χ0) is 23.2. The average molecular weight is 429 g/mol. The van der Waals surface area contributed by atoms with Crippen LogP contribution in [0.15, 0.2) is 37.1 Å². The van der Waals surface area contributed by atoms with Gasteiger partial charge in [0.25, 0.3) is 5.91 Å². The summed E-state index contributed by atoms with van der Waals surface area (Å²) in [6, 6.07) is 5.98. The topological polar surface area (TPSA) is 82.7 Å². The molecule has 2 rings (SSSR count). The van der Waals surface area contributed by atoms with Crippen molar-refractivity contribution in [2.24, 2.45) is 0 Å². The third kappa shape index (κ3) is 7.14. The van der Waals surface area contributed by atoms with E-state index < -0.39 is 11.3 Å². The molecule has 1 aromatic rings. The molecule has 1 aromatic carbocycles. The van der Waals surface area contributed by atoms with E-state index in [-0.39, 0.29) is 5.91 Å². The van der Waals surface area contributed by atoms with Crippen LogP contribution in [0.2, 0.25) is 0 Å². The van der Waals surface area contributed by atoms with Crippen molar-refractivity contribution in [3.63, 3.8) is 0 Å². The molecule has 1 aliphatic carbocycles. The number of anilines is 1. The molecule has 7 heteroatoms. The number of nitrogens with zero attached hydrogens (tertiary/aromatic N) is 1. The van der Waals surface area contributed by atoms with E-state index in [9.17, 15) is 9.59 Å². The summed E-state index contributed by atoms with van der Waals surface area (Å²) in [5, 5.41) is 9.33. The SMILES string of the molecule is C=Cc1c(NCC(=C)NC(C)(C)OCC(C)(C)NC=O)cccc1C(=O)N(C)C1CC1. The summed E-state index contributed by atoms with van der Waals surface area (Å²) in [6.45, 7) is 16.3. The van der Waals surface area contributed by atoms with Crippen molar-refractivity contribution in [3.8, 4) is 0 Å². The quantitative estimate of drug-likeness (QED) is 0.332. The largest absolute Gasteiger partial charge is 0.379 e. The van der Waals surface area contributed by atoms with Gasteiger partial charge in [0.1, 0.15) is 5.72 Å². The minimum absolute atomic E-state index is 0.0130. The number of ether oxygens (including phenoxy) is 1. The summed E-state index contributed by atoms with van der Waals surface area (Å²) in [7, 11) is 1.85. The van der Waals surface area contributed by atoms with E-state index in [1.54, 1.807) is 6.08 Å². The molecule has 0 aliphatic heterocycles. The number of amides is 2. The van der Waals surface area contributed by atoms with Gasteiger partial charge in [-0.15, -0.1) is 0 Å². The van der Waals surface area contributed by atoms with Crippen molar-refractivity contribution in [1.29, 1.82) is 0 Å². The molecular formula is C24H36N4O3. The molecule has 2 amide bonds. The lowest BCUT2D eigenvalue weighted by Crippen LogP contribution is -2.49. The van der Waals surface area contributed by atoms with Crippen LogP contribution in [0.1, 0.15) is 56.5 Å². The first-order valence-corrected chi connectivity index (χ1v) is 10.6. The van der Waals surface area contributed by atoms with Gasteiger partial charge in [0.2, 0.25) is 6.41 Å². The minimum Gasteiger partial charge on any atom is -0.379 e. The van der Waals surface area contributed by atoms with Crippen LogP contribution in [0, 0.1) is 0 Å². The third-order valence-electron chi connectivity index (χ3n) is 5.17. The van der Waals surface area contributed by atoms with Crippen LogP contribution < -0.4 is 16.0 Å². The second kappa shape index (κ2) is 10.0. The predicted molar refractivity (Wildman–Crippen MR) is 126 cm³/mol. The van der Waals surface area contributed by atoms with E-state index in [2.05, 4.69) is 29.1 Å². The fourth-order valence-electron chi connectivity index (χ4n) is 3.21. The maximum atomic E-state index is 12.9. The molecule has 3 N–H and O–H groups in total. The fourth-order valence-corrected chi connectivity index (χ4v) is 3.21. The Morgan fingerprint density at radius 3 is 2.55 bits per heavy atom. The highest BCUT2D eigenvalue weighted by Crippen LogP contribution is 2.29. The molecule has 0 spiro atoms. The van der Waals surface area contributed by atoms with Crippen LogP contribution in [0.3, 0.4) is 0 Å². The van der Waals surface area contributed by atoms with Crippen molar-refractivity contribution in [2.75, 3.05) is 25.5 Å². The number of nitrogens with one attached hydrogen (secondary N) is 3. The van der Waals surface area contributed by atoms with Crippen molar-refractivity contribution >= 4 is 24.1 Å². The highest BCUT2D eigenvalue weighted by molar-refractivity contribution is 6.00. The lowest BCUT2D eigenvalue weighted by molar-refractivity contribution is -0.113. The number of hydrogen-bond acceptors (Lipinski definition) is 5. The Labute approximate surface area is 185 Å². The number of carbonyl (C=O) groups is 2. The van der Waals surface area contributed by atoms with E-state index in [0.717, 1.165) is 29.8 Å². The summed E-state index contributed by atoms with van der Waals surface area (Å²) in [4.78, 5) is 25.4. The highest BCUT2D eigenvalue weighted by atomic mass is 16.5. The van der Waals surface area contributed by atoms with Crippen molar-refractivity contribution < 1.29 is 14.3 Å². The zero-order valence-electron chi connectivity index (χ0n) is 19.4. The smallest absolute Gasteiger partial charge is 0.254 e. The predicted octanol–water partition coefficient (Wildman–Crippen LogP) is 3.36. The molecule has 1 saturated carbocycles. The Bertz CT molecular complexity index is 828. The van der Waals surface area contributed by atoms with Crippen molar-refractivity contribution in [3.05, 3.63) is 48.2 Å². The molecule has 31 heavy (non-hydrogen) atoms. The molecule has 7 nitrogen and oxygen atoms in total. The fraction of sp³-hybridized carbons (Fsp3) is 0.500. The second-order valence-electron chi connectivity index (χ2n) is 9.15. The Hall–Kier alpha value is -2.80. The third-order valence-corrected chi connectivity index (χ3v) is 5.17. The average Bonchev–Trinajstić information content (AvgIpc) is 3.54. The molecule has 1 aliphatic rings. The molecule has 0 atom stereocenters. The summed E-state index contributed by atoms with van der Waals surface area (Å²) in [5.41, 5.74) is 1.83. The summed E-state index contributed by atoms with van der Waals surface area (Å²) in [5.74, 6) is 0.0130. The van der Waals surface area contributed by atoms with Gasteiger partial charge in [-0.1, -0.05) is 25.3 Å². The van der Waals surface area contributed by atoms with E-state index in [4.69, 9.17) is 4.74 Å². The first-order valence-electron chi connectivity index (χ1n) is 10.6. The maximum absolute atomic E-state index is 12.9. The van der Waals surface area contributed by atoms with Crippen LogP contribution in [0.5, 0.6) is 0 Å². The van der Waals surface area contributed by atoms with E-state index >= 15 is 0 Å². The van der Waals surface area contributed by atoms with Gasteiger partial charge in [0, 0.05) is 35.6 Å². The van der Waals surface area contributed by atoms with E-state index in [0.29, 0.717) is 31.2 Å². The van der Waals surface area contributed by atoms with Gasteiger partial charge in [-0.05, 0) is 52.7 Å². The highest BCUT2D eigenvalue weighted by Gasteiger charge is 2.31. The lowest BCUT2D eigenvalue weighted by Gasteiger charge is -2.33. The Balaban J connectivity index is 1.98. The zero-order valence-corrected chi connectivity index (χ0v) is 19.4. The molecule has 0 bridgehead atoms. The number of rotatable bonds is 13. The Morgan fingerprint density at radius 1 is 1.29 bits per heavy atom. The molecule has 0 aromatic heterocycles. The van der Waals surface area contributed by atoms with Crippen LogP contribution in [0.4, 0.5) is 5.69 Å². The molecule has 0 heterocycles. The van der Waals surface area contributed by atoms with Crippen LogP contribution in [0.25, 0.3) is 6.08 Å². The molecule has 0 radical (unpaired) electrons. The second-order valence-corrected chi connectivity index (χ2v) is 9.15. The molecule has 0 saturated heterocycles. The van der Waals surface area contributed by atoms with Gasteiger partial charge >= 0.3 is 0 Å². The van der Waals surface area contributed by atoms with Crippen molar-refractivity contribution in [2.45, 2.75) is 57.8 Å². The van der Waals surface area contributed by atoms with E-state index in [1.165, 1.54) is 0 Å². The molecular weight excluding hydrogens is 392 g/mol. The number of benzene rings is 1. The molecule has 170 valence electrons. The van der Waals surface area contributed by atoms with Crippen LogP contribution >= 0.6 is 0 Å². The summed E-state index contributed by atoms with van der Waals surface area (Å²) >= 11 is 0. The standard InChI is InChI=1S/C24H36N4O3/c1-8-19-20(22(30)28(7)18-12-13-18)10-9-11-21(19)25-14-17(2)27-24(5,6)31-15-23(3,4)26-16-29/h8-11,16,18,25,27H,1-2,12-15H2,3-7H3,(H,26,29). The first-order chi connectivity index (χ1) is 14.5. The minimum atomic E-state index is -0.674. The monoisotopic (exact) mass is 428 g/mol. The van der Waals surface area contributed by atoms with Crippen molar-refractivity contribution in [1.82, 2.24) is 15.5 Å². The summed E-state index contributed by atoms with van der Waals surface area (Å²) in [6.07, 6.45) is 4.51. The maximum Gasteiger partial charge on any atom is 0.254 e. The number of hydrogen-bond donors (Lipinski definition) is 3. The van der Waals surface area contributed by atoms with Gasteiger partial charge in [-0.2, -0.15) is 0 Å². The first kappa shape index (κ1) is 24.5. The van der Waals surface area contributed by atoms with Crippen LogP contribution in [-0.2, 0) is 9.53 Å². The van der Waals surface area contributed by atoms with Gasteiger partial charge in [0.05, 0.1) is 18.7 Å². The summed E-state index contributed by atoms with van der Waals surface area (Å²) < 4.78 is 5.93. The Morgan fingerprint density at radius 2 is 1.97 bits per heavy atom. The van der Waals surface area contributed by atoms with E-state index in [1.807, 2.05) is 57.8 Å². The van der Waals surface area contributed by atoms with Gasteiger partial charge in [-0.3, -0.25) is 9.59 Å². The normalized spacial score (nSPS) is 13.8. The van der Waals surface area contributed by atoms with Gasteiger partial charge in [-0.25, -0.2) is 0 Å². The van der Waals surface area contributed by atoms with Crippen LogP contribution in [-0.4, -0.2) is 54.7 Å². The molecule has 1 fully saturated rings. The Kier molecular flexibility index (Phi) is 7.90. The number of carbonyl (C=O) groups excluding carboxylic acids is 2. The van der Waals surface area contributed by atoms with Gasteiger partial charge < -0.3 is 25.6 Å². The molecule has 0 unspecified atom stereocenters.